The highest BCUT2D eigenvalue weighted by molar-refractivity contribution is 5.85. The van der Waals surface area contributed by atoms with Gasteiger partial charge in [-0.2, -0.15) is 4.98 Å². The molecule has 0 aliphatic heterocycles. The number of rotatable bonds is 3. The van der Waals surface area contributed by atoms with Gasteiger partial charge in [0.1, 0.15) is 0 Å². The highest BCUT2D eigenvalue weighted by atomic mass is 35.5. The Kier molecular flexibility index (Phi) is 4.49. The Labute approximate surface area is 128 Å². The topological polar surface area (TPSA) is 74.2 Å². The van der Waals surface area contributed by atoms with E-state index in [9.17, 15) is 4.39 Å². The molecule has 0 spiro atoms. The van der Waals surface area contributed by atoms with Crippen molar-refractivity contribution in [2.45, 2.75) is 31.2 Å². The minimum atomic E-state index is -0.494. The molecule has 0 amide bonds. The van der Waals surface area contributed by atoms with Gasteiger partial charge in [0, 0.05) is 5.56 Å². The zero-order valence-corrected chi connectivity index (χ0v) is 12.5. The van der Waals surface area contributed by atoms with Crippen molar-refractivity contribution in [2.75, 3.05) is 7.11 Å². The molecule has 1 aliphatic carbocycles. The van der Waals surface area contributed by atoms with Crippen LogP contribution >= 0.6 is 12.4 Å². The molecule has 114 valence electrons. The largest absolute Gasteiger partial charge is 0.494 e. The molecule has 0 atom stereocenters. The number of halogens is 2. The molecule has 1 aromatic carbocycles. The average molecular weight is 314 g/mol. The lowest BCUT2D eigenvalue weighted by molar-refractivity contribution is 0.371. The molecule has 1 heterocycles. The molecule has 2 N–H and O–H groups in total. The van der Waals surface area contributed by atoms with Gasteiger partial charge in [0.15, 0.2) is 17.4 Å². The third kappa shape index (κ3) is 2.87. The van der Waals surface area contributed by atoms with Gasteiger partial charge in [0.2, 0.25) is 0 Å². The summed E-state index contributed by atoms with van der Waals surface area (Å²) in [6, 6.07) is 4.42. The summed E-state index contributed by atoms with van der Waals surface area (Å²) in [7, 11) is 1.41. The summed E-state index contributed by atoms with van der Waals surface area (Å²) in [5, 5.41) is 3.98. The van der Waals surface area contributed by atoms with Crippen LogP contribution in [0.4, 0.5) is 4.39 Å². The van der Waals surface area contributed by atoms with Crippen LogP contribution in [0.15, 0.2) is 22.7 Å². The summed E-state index contributed by atoms with van der Waals surface area (Å²) in [5.41, 5.74) is 6.40. The second-order valence-corrected chi connectivity index (χ2v) is 5.14. The Hall–Kier alpha value is -1.66. The van der Waals surface area contributed by atoms with E-state index in [-0.39, 0.29) is 18.2 Å². The molecule has 1 fully saturated rings. The van der Waals surface area contributed by atoms with Gasteiger partial charge in [-0.15, -0.1) is 12.4 Å². The van der Waals surface area contributed by atoms with Gasteiger partial charge >= 0.3 is 0 Å². The zero-order chi connectivity index (χ0) is 14.2. The molecule has 1 saturated carbocycles. The molecule has 7 heteroatoms. The first-order chi connectivity index (χ1) is 9.62. The number of benzene rings is 1. The summed E-state index contributed by atoms with van der Waals surface area (Å²) < 4.78 is 23.6. The van der Waals surface area contributed by atoms with Crippen LogP contribution in [-0.2, 0) is 5.54 Å². The molecule has 0 saturated heterocycles. The number of nitrogens with zero attached hydrogens (tertiary/aromatic N) is 2. The molecular formula is C14H17ClFN3O2. The smallest absolute Gasteiger partial charge is 0.258 e. The van der Waals surface area contributed by atoms with Crippen LogP contribution in [0.1, 0.15) is 31.5 Å². The monoisotopic (exact) mass is 313 g/mol. The van der Waals surface area contributed by atoms with Gasteiger partial charge in [-0.1, -0.05) is 18.0 Å². The summed E-state index contributed by atoms with van der Waals surface area (Å²) in [5.74, 6) is 0.566. The number of ether oxygens (including phenoxy) is 1. The van der Waals surface area contributed by atoms with E-state index in [0.29, 0.717) is 17.3 Å². The van der Waals surface area contributed by atoms with Crippen molar-refractivity contribution in [3.63, 3.8) is 0 Å². The fraction of sp³-hybridized carbons (Fsp3) is 0.429. The van der Waals surface area contributed by atoms with Crippen LogP contribution in [0.3, 0.4) is 0 Å². The lowest BCUT2D eigenvalue weighted by Crippen LogP contribution is -2.34. The summed E-state index contributed by atoms with van der Waals surface area (Å²) >= 11 is 0. The number of methoxy groups -OCH3 is 1. The SMILES string of the molecule is COc1cc(-c2nc(C3(N)CCCC3)no2)ccc1F.Cl. The van der Waals surface area contributed by atoms with Crippen LogP contribution in [0.5, 0.6) is 5.75 Å². The van der Waals surface area contributed by atoms with E-state index in [1.165, 1.54) is 19.2 Å². The second-order valence-electron chi connectivity index (χ2n) is 5.14. The van der Waals surface area contributed by atoms with Crippen molar-refractivity contribution in [1.82, 2.24) is 10.1 Å². The van der Waals surface area contributed by atoms with E-state index in [2.05, 4.69) is 10.1 Å². The Bertz CT molecular complexity index is 626. The highest BCUT2D eigenvalue weighted by Crippen LogP contribution is 2.35. The lowest BCUT2D eigenvalue weighted by atomic mass is 9.99. The van der Waals surface area contributed by atoms with Crippen molar-refractivity contribution in [2.24, 2.45) is 5.73 Å². The number of hydrogen-bond donors (Lipinski definition) is 1. The van der Waals surface area contributed by atoms with Crippen molar-refractivity contribution >= 4 is 12.4 Å². The lowest BCUT2D eigenvalue weighted by Gasteiger charge is -2.17. The standard InChI is InChI=1S/C14H16FN3O2.ClH/c1-19-11-8-9(4-5-10(11)15)12-17-13(18-20-12)14(16)6-2-3-7-14;/h4-5,8H,2-3,6-7,16H2,1H3;1H. The van der Waals surface area contributed by atoms with E-state index in [0.717, 1.165) is 25.7 Å². The van der Waals surface area contributed by atoms with Gasteiger partial charge in [-0.05, 0) is 31.0 Å². The fourth-order valence-corrected chi connectivity index (χ4v) is 2.57. The van der Waals surface area contributed by atoms with E-state index in [1.807, 2.05) is 0 Å². The quantitative estimate of drug-likeness (QED) is 0.942. The molecule has 0 unspecified atom stereocenters. The van der Waals surface area contributed by atoms with Crippen molar-refractivity contribution in [3.8, 4) is 17.2 Å². The van der Waals surface area contributed by atoms with Gasteiger partial charge < -0.3 is 15.0 Å². The van der Waals surface area contributed by atoms with Crippen molar-refractivity contribution < 1.29 is 13.7 Å². The normalized spacial score (nSPS) is 16.5. The van der Waals surface area contributed by atoms with Gasteiger partial charge in [-0.25, -0.2) is 4.39 Å². The number of hydrogen-bond acceptors (Lipinski definition) is 5. The fourth-order valence-electron chi connectivity index (χ4n) is 2.57. The average Bonchev–Trinajstić information content (AvgIpc) is 3.09. The Morgan fingerprint density at radius 2 is 2.05 bits per heavy atom. The molecular weight excluding hydrogens is 297 g/mol. The Morgan fingerprint density at radius 1 is 1.33 bits per heavy atom. The van der Waals surface area contributed by atoms with E-state index in [4.69, 9.17) is 15.0 Å². The minimum Gasteiger partial charge on any atom is -0.494 e. The number of nitrogens with two attached hydrogens (primary N) is 1. The zero-order valence-electron chi connectivity index (χ0n) is 11.6. The third-order valence-electron chi connectivity index (χ3n) is 3.77. The predicted molar refractivity (Wildman–Crippen MR) is 77.8 cm³/mol. The van der Waals surface area contributed by atoms with Crippen molar-refractivity contribution in [1.29, 1.82) is 0 Å². The van der Waals surface area contributed by atoms with Gasteiger partial charge in [0.05, 0.1) is 12.6 Å². The maximum absolute atomic E-state index is 13.4. The first kappa shape index (κ1) is 15.7. The number of aromatic nitrogens is 2. The maximum atomic E-state index is 13.4. The molecule has 2 aromatic rings. The van der Waals surface area contributed by atoms with E-state index >= 15 is 0 Å². The van der Waals surface area contributed by atoms with E-state index < -0.39 is 11.4 Å². The second kappa shape index (κ2) is 5.99. The summed E-state index contributed by atoms with van der Waals surface area (Å²) in [4.78, 5) is 4.36. The predicted octanol–water partition coefficient (Wildman–Crippen LogP) is 3.03. The first-order valence-corrected chi connectivity index (χ1v) is 6.59. The first-order valence-electron chi connectivity index (χ1n) is 6.59. The third-order valence-corrected chi connectivity index (χ3v) is 3.77. The molecule has 1 aliphatic rings. The van der Waals surface area contributed by atoms with Crippen LogP contribution in [-0.4, -0.2) is 17.3 Å². The minimum absolute atomic E-state index is 0. The van der Waals surface area contributed by atoms with Crippen LogP contribution in [0, 0.1) is 5.82 Å². The van der Waals surface area contributed by atoms with E-state index in [1.54, 1.807) is 6.07 Å². The summed E-state index contributed by atoms with van der Waals surface area (Å²) in [6.45, 7) is 0. The molecule has 5 nitrogen and oxygen atoms in total. The van der Waals surface area contributed by atoms with Gasteiger partial charge in [0.25, 0.3) is 5.89 Å². The van der Waals surface area contributed by atoms with Gasteiger partial charge in [-0.3, -0.25) is 0 Å². The Morgan fingerprint density at radius 3 is 2.71 bits per heavy atom. The van der Waals surface area contributed by atoms with Crippen LogP contribution in [0.2, 0.25) is 0 Å². The van der Waals surface area contributed by atoms with Crippen LogP contribution in [0.25, 0.3) is 11.5 Å². The summed E-state index contributed by atoms with van der Waals surface area (Å²) in [6.07, 6.45) is 3.87. The molecule has 21 heavy (non-hydrogen) atoms. The highest BCUT2D eigenvalue weighted by Gasteiger charge is 2.36. The Balaban J connectivity index is 0.00000161. The maximum Gasteiger partial charge on any atom is 0.258 e. The van der Waals surface area contributed by atoms with Crippen molar-refractivity contribution in [3.05, 3.63) is 29.8 Å². The molecule has 1 aromatic heterocycles. The molecule has 0 radical (unpaired) electrons. The molecule has 3 rings (SSSR count). The van der Waals surface area contributed by atoms with Crippen LogP contribution < -0.4 is 10.5 Å². The molecule has 0 bridgehead atoms.